The summed E-state index contributed by atoms with van der Waals surface area (Å²) in [5.74, 6) is 0.177. The van der Waals surface area contributed by atoms with Gasteiger partial charge < -0.3 is 4.90 Å². The highest BCUT2D eigenvalue weighted by Gasteiger charge is 2.23. The lowest BCUT2D eigenvalue weighted by molar-refractivity contribution is -0.130. The van der Waals surface area contributed by atoms with Gasteiger partial charge in [0.05, 0.1) is 0 Å². The second-order valence-corrected chi connectivity index (χ2v) is 4.07. The molecule has 13 heavy (non-hydrogen) atoms. The number of carbonyl (C=O) groups excluding carboxylic acids is 1. The van der Waals surface area contributed by atoms with E-state index in [0.717, 1.165) is 12.8 Å². The van der Waals surface area contributed by atoms with Crippen LogP contribution in [0.3, 0.4) is 0 Å². The summed E-state index contributed by atoms with van der Waals surface area (Å²) in [6.07, 6.45) is 4.58. The number of allylic oxidation sites excluding steroid dienone is 1. The zero-order valence-electron chi connectivity index (χ0n) is 9.26. The molecule has 1 amide bonds. The third kappa shape index (κ3) is 4.11. The highest BCUT2D eigenvalue weighted by Crippen LogP contribution is 2.29. The molecule has 0 saturated carbocycles. The molecule has 0 fully saturated rings. The molecule has 2 nitrogen and oxygen atoms in total. The molecular weight excluding hydrogens is 162 g/mol. The van der Waals surface area contributed by atoms with Crippen molar-refractivity contribution < 1.29 is 4.79 Å². The summed E-state index contributed by atoms with van der Waals surface area (Å²) in [5.41, 5.74) is -0.0316. The first-order valence-corrected chi connectivity index (χ1v) is 4.79. The number of carbonyl (C=O) groups is 1. The first-order valence-electron chi connectivity index (χ1n) is 4.79. The molecule has 0 aromatic rings. The van der Waals surface area contributed by atoms with Crippen LogP contribution >= 0.6 is 0 Å². The Morgan fingerprint density at radius 3 is 2.38 bits per heavy atom. The normalized spacial score (nSPS) is 14.8. The lowest BCUT2D eigenvalue weighted by Crippen LogP contribution is -2.28. The Hall–Kier alpha value is -0.790. The summed E-state index contributed by atoms with van der Waals surface area (Å²) < 4.78 is 0. The molecule has 0 radical (unpaired) electrons. The van der Waals surface area contributed by atoms with Crippen molar-refractivity contribution in [3.05, 3.63) is 12.7 Å². The van der Waals surface area contributed by atoms with Crippen molar-refractivity contribution in [1.82, 2.24) is 4.90 Å². The summed E-state index contributed by atoms with van der Waals surface area (Å²) in [5, 5.41) is 0. The van der Waals surface area contributed by atoms with Gasteiger partial charge in [-0.2, -0.15) is 0 Å². The first-order chi connectivity index (χ1) is 5.95. The average Bonchev–Trinajstić information content (AvgIpc) is 2.04. The highest BCUT2D eigenvalue weighted by atomic mass is 16.2. The smallest absolute Gasteiger partial charge is 0.222 e. The average molecular weight is 183 g/mol. The molecular formula is C11H21NO. The van der Waals surface area contributed by atoms with Gasteiger partial charge in [0, 0.05) is 20.5 Å². The molecule has 0 bridgehead atoms. The standard InChI is InChI=1S/C11H21NO/c1-6-8-11(3,7-2)9-10(13)12(4)5/h7H,2,6,8-9H2,1,3-5H3. The third-order valence-electron chi connectivity index (χ3n) is 2.37. The van der Waals surface area contributed by atoms with Crippen molar-refractivity contribution in [3.63, 3.8) is 0 Å². The van der Waals surface area contributed by atoms with E-state index < -0.39 is 0 Å². The van der Waals surface area contributed by atoms with Gasteiger partial charge in [-0.15, -0.1) is 6.58 Å². The Morgan fingerprint density at radius 2 is 2.08 bits per heavy atom. The van der Waals surface area contributed by atoms with E-state index in [4.69, 9.17) is 0 Å². The van der Waals surface area contributed by atoms with Crippen LogP contribution in [0.15, 0.2) is 12.7 Å². The maximum atomic E-state index is 11.5. The maximum Gasteiger partial charge on any atom is 0.222 e. The van der Waals surface area contributed by atoms with Gasteiger partial charge in [-0.25, -0.2) is 0 Å². The molecule has 0 rings (SSSR count). The molecule has 0 aromatic carbocycles. The summed E-state index contributed by atoms with van der Waals surface area (Å²) >= 11 is 0. The first kappa shape index (κ1) is 12.2. The fraction of sp³-hybridized carbons (Fsp3) is 0.727. The van der Waals surface area contributed by atoms with Crippen molar-refractivity contribution in [2.75, 3.05) is 14.1 Å². The van der Waals surface area contributed by atoms with E-state index in [1.165, 1.54) is 0 Å². The van der Waals surface area contributed by atoms with Gasteiger partial charge >= 0.3 is 0 Å². The molecule has 1 unspecified atom stereocenters. The molecule has 2 heteroatoms. The van der Waals surface area contributed by atoms with Crippen LogP contribution in [0, 0.1) is 5.41 Å². The van der Waals surface area contributed by atoms with Crippen molar-refractivity contribution in [3.8, 4) is 0 Å². The van der Waals surface area contributed by atoms with E-state index in [-0.39, 0.29) is 11.3 Å². The van der Waals surface area contributed by atoms with E-state index in [1.807, 2.05) is 6.08 Å². The van der Waals surface area contributed by atoms with E-state index in [1.54, 1.807) is 19.0 Å². The molecule has 0 aliphatic rings. The van der Waals surface area contributed by atoms with Gasteiger partial charge in [-0.05, 0) is 11.8 Å². The SMILES string of the molecule is C=CC(C)(CCC)CC(=O)N(C)C. The van der Waals surface area contributed by atoms with Crippen LogP contribution in [0.1, 0.15) is 33.1 Å². The summed E-state index contributed by atoms with van der Waals surface area (Å²) in [6.45, 7) is 8.01. The number of hydrogen-bond donors (Lipinski definition) is 0. The van der Waals surface area contributed by atoms with Crippen molar-refractivity contribution in [1.29, 1.82) is 0 Å². The largest absolute Gasteiger partial charge is 0.349 e. The zero-order chi connectivity index (χ0) is 10.5. The second kappa shape index (κ2) is 5.05. The van der Waals surface area contributed by atoms with Crippen LogP contribution in [0.5, 0.6) is 0 Å². The Morgan fingerprint density at radius 1 is 1.54 bits per heavy atom. The summed E-state index contributed by atoms with van der Waals surface area (Å²) in [4.78, 5) is 13.1. The molecule has 0 saturated heterocycles. The van der Waals surface area contributed by atoms with Gasteiger partial charge in [-0.1, -0.05) is 26.3 Å². The van der Waals surface area contributed by atoms with Crippen LogP contribution in [0.4, 0.5) is 0 Å². The van der Waals surface area contributed by atoms with E-state index in [2.05, 4.69) is 20.4 Å². The lowest BCUT2D eigenvalue weighted by atomic mass is 9.82. The van der Waals surface area contributed by atoms with E-state index in [0.29, 0.717) is 6.42 Å². The van der Waals surface area contributed by atoms with Crippen LogP contribution in [0.25, 0.3) is 0 Å². The zero-order valence-corrected chi connectivity index (χ0v) is 9.26. The summed E-state index contributed by atoms with van der Waals surface area (Å²) in [7, 11) is 3.58. The molecule has 76 valence electrons. The third-order valence-corrected chi connectivity index (χ3v) is 2.37. The number of nitrogens with zero attached hydrogens (tertiary/aromatic N) is 1. The highest BCUT2D eigenvalue weighted by molar-refractivity contribution is 5.76. The van der Waals surface area contributed by atoms with E-state index >= 15 is 0 Å². The Balaban J connectivity index is 4.26. The Labute approximate surface area is 81.6 Å². The molecule has 0 heterocycles. The van der Waals surface area contributed by atoms with Gasteiger partial charge in [0.2, 0.25) is 5.91 Å². The molecule has 0 aromatic heterocycles. The predicted octanol–water partition coefficient (Wildman–Crippen LogP) is 2.46. The maximum absolute atomic E-state index is 11.5. The van der Waals surface area contributed by atoms with Crippen molar-refractivity contribution in [2.24, 2.45) is 5.41 Å². The van der Waals surface area contributed by atoms with Crippen LogP contribution in [-0.2, 0) is 4.79 Å². The van der Waals surface area contributed by atoms with Crippen LogP contribution in [-0.4, -0.2) is 24.9 Å². The fourth-order valence-electron chi connectivity index (χ4n) is 1.34. The quantitative estimate of drug-likeness (QED) is 0.599. The number of hydrogen-bond acceptors (Lipinski definition) is 1. The minimum atomic E-state index is -0.0316. The molecule has 0 aliphatic carbocycles. The minimum absolute atomic E-state index is 0.0316. The topological polar surface area (TPSA) is 20.3 Å². The summed E-state index contributed by atoms with van der Waals surface area (Å²) in [6, 6.07) is 0. The van der Waals surface area contributed by atoms with Crippen LogP contribution < -0.4 is 0 Å². The van der Waals surface area contributed by atoms with Gasteiger partial charge in [0.15, 0.2) is 0 Å². The minimum Gasteiger partial charge on any atom is -0.349 e. The lowest BCUT2D eigenvalue weighted by Gasteiger charge is -2.26. The fourth-order valence-corrected chi connectivity index (χ4v) is 1.34. The van der Waals surface area contributed by atoms with Crippen molar-refractivity contribution in [2.45, 2.75) is 33.1 Å². The number of rotatable bonds is 5. The van der Waals surface area contributed by atoms with Crippen LogP contribution in [0.2, 0.25) is 0 Å². The van der Waals surface area contributed by atoms with E-state index in [9.17, 15) is 4.79 Å². The molecule has 0 spiro atoms. The number of amides is 1. The molecule has 0 N–H and O–H groups in total. The van der Waals surface area contributed by atoms with Gasteiger partial charge in [0.1, 0.15) is 0 Å². The Bertz CT molecular complexity index is 187. The van der Waals surface area contributed by atoms with Gasteiger partial charge in [-0.3, -0.25) is 4.79 Å². The van der Waals surface area contributed by atoms with Crippen molar-refractivity contribution >= 4 is 5.91 Å². The van der Waals surface area contributed by atoms with Gasteiger partial charge in [0.25, 0.3) is 0 Å². The molecule has 1 atom stereocenters. The second-order valence-electron chi connectivity index (χ2n) is 4.07. The Kier molecular flexibility index (Phi) is 4.74. The molecule has 0 aliphatic heterocycles. The predicted molar refractivity (Wildman–Crippen MR) is 56.5 cm³/mol. The monoisotopic (exact) mass is 183 g/mol.